The largest absolute Gasteiger partial charge is 0.573 e. The van der Waals surface area contributed by atoms with E-state index in [0.717, 1.165) is 29.7 Å². The first kappa shape index (κ1) is 21.7. The van der Waals surface area contributed by atoms with E-state index in [-0.39, 0.29) is 11.3 Å². The summed E-state index contributed by atoms with van der Waals surface area (Å²) in [5.74, 6) is -1.07. The Kier molecular flexibility index (Phi) is 5.82. The quantitative estimate of drug-likeness (QED) is 0.238. The second-order valence-electron chi connectivity index (χ2n) is 7.65. The number of esters is 1. The summed E-state index contributed by atoms with van der Waals surface area (Å²) in [6.45, 7) is 3.78. The van der Waals surface area contributed by atoms with Gasteiger partial charge in [-0.05, 0) is 61.4 Å². The third-order valence-electron chi connectivity index (χ3n) is 5.49. The van der Waals surface area contributed by atoms with Crippen molar-refractivity contribution < 1.29 is 32.2 Å². The molecule has 0 aliphatic heterocycles. The zero-order valence-electron chi connectivity index (χ0n) is 17.2. The van der Waals surface area contributed by atoms with E-state index in [4.69, 9.17) is 9.47 Å². The van der Waals surface area contributed by atoms with Crippen LogP contribution >= 0.6 is 0 Å². The summed E-state index contributed by atoms with van der Waals surface area (Å²) in [6, 6.07) is 16.2. The van der Waals surface area contributed by atoms with Crippen molar-refractivity contribution in [3.8, 4) is 17.2 Å². The van der Waals surface area contributed by atoms with Crippen molar-refractivity contribution in [2.45, 2.75) is 37.6 Å². The lowest BCUT2D eigenvalue weighted by Crippen LogP contribution is -2.30. The van der Waals surface area contributed by atoms with Gasteiger partial charge in [-0.3, -0.25) is 0 Å². The Morgan fingerprint density at radius 3 is 2.38 bits per heavy atom. The molecule has 3 aromatic rings. The van der Waals surface area contributed by atoms with E-state index in [1.54, 1.807) is 18.2 Å². The molecule has 1 saturated carbocycles. The van der Waals surface area contributed by atoms with Crippen LogP contribution in [0.25, 0.3) is 10.8 Å². The normalized spacial score (nSPS) is 15.3. The van der Waals surface area contributed by atoms with Crippen molar-refractivity contribution >= 4 is 16.7 Å². The zero-order valence-corrected chi connectivity index (χ0v) is 17.2. The van der Waals surface area contributed by atoms with Crippen LogP contribution in [0, 0.1) is 0 Å². The number of ether oxygens (including phenoxy) is 3. The zero-order chi connectivity index (χ0) is 22.8. The van der Waals surface area contributed by atoms with Crippen LogP contribution in [0.4, 0.5) is 13.2 Å². The number of hydrogen-bond acceptors (Lipinski definition) is 4. The Bertz CT molecular complexity index is 1140. The minimum Gasteiger partial charge on any atom is -0.479 e. The van der Waals surface area contributed by atoms with Crippen LogP contribution in [0.15, 0.2) is 73.3 Å². The molecule has 3 aromatic carbocycles. The molecular weight excluding hydrogens is 421 g/mol. The van der Waals surface area contributed by atoms with Crippen molar-refractivity contribution in [3.05, 3.63) is 78.9 Å². The number of carbonyl (C=O) groups is 1. The van der Waals surface area contributed by atoms with Crippen LogP contribution in [0.3, 0.4) is 0 Å². The lowest BCUT2D eigenvalue weighted by atomic mass is 10.0. The Morgan fingerprint density at radius 2 is 1.66 bits per heavy atom. The Hall–Kier alpha value is -3.48. The van der Waals surface area contributed by atoms with Gasteiger partial charge in [0.05, 0.1) is 5.56 Å². The van der Waals surface area contributed by atoms with Crippen molar-refractivity contribution in [1.82, 2.24) is 0 Å². The first-order valence-corrected chi connectivity index (χ1v) is 10.2. The fraction of sp³-hybridized carbons (Fsp3) is 0.240. The van der Waals surface area contributed by atoms with Gasteiger partial charge in [0.2, 0.25) is 0 Å². The smallest absolute Gasteiger partial charge is 0.479 e. The molecule has 7 heteroatoms. The molecule has 166 valence electrons. The molecule has 0 bridgehead atoms. The van der Waals surface area contributed by atoms with Crippen LogP contribution in [-0.4, -0.2) is 17.9 Å². The van der Waals surface area contributed by atoms with E-state index in [1.165, 1.54) is 12.1 Å². The Balaban J connectivity index is 1.66. The molecule has 0 atom stereocenters. The molecule has 1 aliphatic rings. The number of carbonyl (C=O) groups excluding carboxylic acids is 1. The minimum atomic E-state index is -4.90. The Morgan fingerprint density at radius 1 is 0.938 bits per heavy atom. The summed E-state index contributed by atoms with van der Waals surface area (Å²) in [7, 11) is 0. The van der Waals surface area contributed by atoms with Crippen LogP contribution in [0.1, 0.15) is 36.0 Å². The van der Waals surface area contributed by atoms with Crippen LogP contribution < -0.4 is 14.2 Å². The van der Waals surface area contributed by atoms with E-state index in [1.807, 2.05) is 30.3 Å². The minimum absolute atomic E-state index is 0.0414. The maximum atomic E-state index is 12.9. The number of alkyl halides is 3. The van der Waals surface area contributed by atoms with Gasteiger partial charge in [-0.1, -0.05) is 43.0 Å². The molecule has 4 rings (SSSR count). The average molecular weight is 442 g/mol. The average Bonchev–Trinajstić information content (AvgIpc) is 3.23. The summed E-state index contributed by atoms with van der Waals surface area (Å²) in [6.07, 6.45) is -0.341. The second kappa shape index (κ2) is 8.57. The number of rotatable bonds is 6. The predicted octanol–water partition coefficient (Wildman–Crippen LogP) is 6.84. The van der Waals surface area contributed by atoms with Crippen LogP contribution in [0.5, 0.6) is 17.2 Å². The molecule has 32 heavy (non-hydrogen) atoms. The number of fused-ring (bicyclic) bond motifs is 1. The van der Waals surface area contributed by atoms with Gasteiger partial charge in [-0.15, -0.1) is 13.2 Å². The highest BCUT2D eigenvalue weighted by atomic mass is 19.4. The van der Waals surface area contributed by atoms with Gasteiger partial charge < -0.3 is 14.2 Å². The molecule has 0 radical (unpaired) electrons. The molecule has 0 saturated heterocycles. The summed E-state index contributed by atoms with van der Waals surface area (Å²) in [5.41, 5.74) is -0.762. The van der Waals surface area contributed by atoms with Crippen molar-refractivity contribution in [2.24, 2.45) is 0 Å². The van der Waals surface area contributed by atoms with Gasteiger partial charge >= 0.3 is 12.3 Å². The van der Waals surface area contributed by atoms with E-state index in [2.05, 4.69) is 11.3 Å². The van der Waals surface area contributed by atoms with Crippen LogP contribution in [0.2, 0.25) is 0 Å². The standard InChI is InChI=1S/C25H21F3O4/c1-2-24(14-5-6-15-24)31-22-16-18(12-13-21(22)32-25(26,27)28)23(29)30-20-11-7-9-17-8-3-4-10-19(17)20/h2-4,7-13,16H,1,5-6,14-15H2. The molecule has 0 spiro atoms. The Labute approximate surface area is 183 Å². The monoisotopic (exact) mass is 442 g/mol. The summed E-state index contributed by atoms with van der Waals surface area (Å²) < 4.78 is 54.4. The molecule has 1 aliphatic carbocycles. The van der Waals surface area contributed by atoms with E-state index < -0.39 is 23.7 Å². The highest BCUT2D eigenvalue weighted by Gasteiger charge is 2.37. The third kappa shape index (κ3) is 4.72. The topological polar surface area (TPSA) is 44.8 Å². The third-order valence-corrected chi connectivity index (χ3v) is 5.49. The molecule has 1 fully saturated rings. The summed E-state index contributed by atoms with van der Waals surface area (Å²) in [4.78, 5) is 12.8. The van der Waals surface area contributed by atoms with Crippen LogP contribution in [-0.2, 0) is 0 Å². The lowest BCUT2D eigenvalue weighted by molar-refractivity contribution is -0.275. The van der Waals surface area contributed by atoms with Crippen molar-refractivity contribution in [2.75, 3.05) is 0 Å². The highest BCUT2D eigenvalue weighted by Crippen LogP contribution is 2.41. The number of benzene rings is 3. The summed E-state index contributed by atoms with van der Waals surface area (Å²) >= 11 is 0. The van der Waals surface area contributed by atoms with Gasteiger partial charge in [-0.25, -0.2) is 4.79 Å². The fourth-order valence-corrected chi connectivity index (χ4v) is 3.91. The van der Waals surface area contributed by atoms with E-state index >= 15 is 0 Å². The van der Waals surface area contributed by atoms with Crippen molar-refractivity contribution in [1.29, 1.82) is 0 Å². The van der Waals surface area contributed by atoms with E-state index in [9.17, 15) is 18.0 Å². The molecular formula is C25H21F3O4. The number of hydrogen-bond donors (Lipinski definition) is 0. The first-order chi connectivity index (χ1) is 15.3. The maximum Gasteiger partial charge on any atom is 0.573 e. The van der Waals surface area contributed by atoms with Crippen molar-refractivity contribution in [3.63, 3.8) is 0 Å². The SMILES string of the molecule is C=CC1(Oc2cc(C(=O)Oc3cccc4ccccc34)ccc2OC(F)(F)F)CCCC1. The lowest BCUT2D eigenvalue weighted by Gasteiger charge is -2.28. The van der Waals surface area contributed by atoms with Gasteiger partial charge in [0, 0.05) is 5.39 Å². The molecule has 0 aromatic heterocycles. The first-order valence-electron chi connectivity index (χ1n) is 10.2. The predicted molar refractivity (Wildman–Crippen MR) is 114 cm³/mol. The summed E-state index contributed by atoms with van der Waals surface area (Å²) in [5, 5.41) is 1.64. The molecule has 0 unspecified atom stereocenters. The highest BCUT2D eigenvalue weighted by molar-refractivity contribution is 5.96. The molecule has 0 amide bonds. The molecule has 0 N–H and O–H groups in total. The van der Waals surface area contributed by atoms with Gasteiger partial charge in [0.25, 0.3) is 0 Å². The molecule has 4 nitrogen and oxygen atoms in total. The van der Waals surface area contributed by atoms with E-state index in [0.29, 0.717) is 18.6 Å². The molecule has 0 heterocycles. The number of halogens is 3. The van der Waals surface area contributed by atoms with Gasteiger partial charge in [0.1, 0.15) is 11.4 Å². The fourth-order valence-electron chi connectivity index (χ4n) is 3.91. The maximum absolute atomic E-state index is 12.9. The second-order valence-corrected chi connectivity index (χ2v) is 7.65. The van der Waals surface area contributed by atoms with Gasteiger partial charge in [0.15, 0.2) is 11.5 Å². The van der Waals surface area contributed by atoms with Gasteiger partial charge in [-0.2, -0.15) is 0 Å².